The molecule has 4 aromatic carbocycles. The zero-order chi connectivity index (χ0) is 26.6. The third-order valence-electron chi connectivity index (χ3n) is 8.23. The number of esters is 2. The molecule has 4 nitrogen and oxygen atoms in total. The van der Waals surface area contributed by atoms with Gasteiger partial charge in [0.05, 0.1) is 23.0 Å². The van der Waals surface area contributed by atoms with E-state index in [1.807, 2.05) is 36.4 Å². The van der Waals surface area contributed by atoms with Crippen LogP contribution in [0.5, 0.6) is 0 Å². The van der Waals surface area contributed by atoms with Crippen molar-refractivity contribution in [2.45, 2.75) is 51.7 Å². The van der Waals surface area contributed by atoms with Crippen LogP contribution in [0.25, 0.3) is 0 Å². The third kappa shape index (κ3) is 3.92. The van der Waals surface area contributed by atoms with E-state index < -0.39 is 24.1 Å². The number of ether oxygens (including phenoxy) is 2. The fraction of sp³-hybridized carbons (Fsp3) is 0.235. The van der Waals surface area contributed by atoms with E-state index in [1.165, 1.54) is 22.3 Å². The average molecular weight is 503 g/mol. The van der Waals surface area contributed by atoms with Gasteiger partial charge in [0.1, 0.15) is 0 Å². The molecule has 4 aromatic rings. The van der Waals surface area contributed by atoms with Crippen LogP contribution in [0.2, 0.25) is 0 Å². The van der Waals surface area contributed by atoms with Crippen LogP contribution in [-0.4, -0.2) is 24.1 Å². The summed E-state index contributed by atoms with van der Waals surface area (Å²) in [5, 5.41) is 0. The molecule has 0 fully saturated rings. The Morgan fingerprint density at radius 1 is 0.500 bits per heavy atom. The first-order valence-corrected chi connectivity index (χ1v) is 13.1. The van der Waals surface area contributed by atoms with Crippen LogP contribution >= 0.6 is 0 Å². The minimum Gasteiger partial charge on any atom is -0.454 e. The molecular formula is C34H30O4. The molecule has 3 aliphatic carbocycles. The summed E-state index contributed by atoms with van der Waals surface area (Å²) in [5.41, 5.74) is 10.3. The Balaban J connectivity index is 1.52. The summed E-state index contributed by atoms with van der Waals surface area (Å²) in [6, 6.07) is 26.9. The third-order valence-corrected chi connectivity index (χ3v) is 8.23. The summed E-state index contributed by atoms with van der Waals surface area (Å²) in [4.78, 5) is 26.8. The highest BCUT2D eigenvalue weighted by atomic mass is 16.6. The maximum atomic E-state index is 13.4. The lowest BCUT2D eigenvalue weighted by Gasteiger charge is -2.49. The Bertz CT molecular complexity index is 1380. The molecule has 3 aliphatic rings. The van der Waals surface area contributed by atoms with Crippen LogP contribution in [0.3, 0.4) is 0 Å². The summed E-state index contributed by atoms with van der Waals surface area (Å²) in [7, 11) is 0. The topological polar surface area (TPSA) is 52.6 Å². The van der Waals surface area contributed by atoms with Crippen molar-refractivity contribution in [3.63, 3.8) is 0 Å². The van der Waals surface area contributed by atoms with Crippen molar-refractivity contribution in [2.75, 3.05) is 0 Å². The second-order valence-electron chi connectivity index (χ2n) is 10.6. The number of carbonyl (C=O) groups excluding carboxylic acids is 2. The van der Waals surface area contributed by atoms with Crippen molar-refractivity contribution in [3.05, 3.63) is 141 Å². The van der Waals surface area contributed by atoms with E-state index in [0.29, 0.717) is 11.1 Å². The zero-order valence-electron chi connectivity index (χ0n) is 22.0. The van der Waals surface area contributed by atoms with Gasteiger partial charge in [0.15, 0.2) is 12.2 Å². The van der Waals surface area contributed by atoms with Gasteiger partial charge in [-0.25, -0.2) is 9.59 Å². The Kier molecular flexibility index (Phi) is 5.91. The van der Waals surface area contributed by atoms with Crippen LogP contribution in [0.15, 0.2) is 84.9 Å². The van der Waals surface area contributed by atoms with Gasteiger partial charge in [-0.05, 0) is 96.5 Å². The second-order valence-corrected chi connectivity index (χ2v) is 10.6. The summed E-state index contributed by atoms with van der Waals surface area (Å²) in [6.45, 7) is 8.43. The van der Waals surface area contributed by atoms with Crippen LogP contribution < -0.4 is 0 Å². The molecular weight excluding hydrogens is 472 g/mol. The van der Waals surface area contributed by atoms with Crippen LogP contribution in [0.4, 0.5) is 0 Å². The van der Waals surface area contributed by atoms with Crippen molar-refractivity contribution in [1.29, 1.82) is 0 Å². The van der Waals surface area contributed by atoms with E-state index in [1.54, 1.807) is 24.3 Å². The largest absolute Gasteiger partial charge is 0.454 e. The quantitative estimate of drug-likeness (QED) is 0.283. The molecule has 2 unspecified atom stereocenters. The van der Waals surface area contributed by atoms with E-state index in [9.17, 15) is 9.59 Å². The van der Waals surface area contributed by atoms with Gasteiger partial charge >= 0.3 is 11.9 Å². The Morgan fingerprint density at radius 2 is 0.789 bits per heavy atom. The van der Waals surface area contributed by atoms with Crippen molar-refractivity contribution in [3.8, 4) is 0 Å². The maximum absolute atomic E-state index is 13.4. The highest BCUT2D eigenvalue weighted by Crippen LogP contribution is 2.56. The van der Waals surface area contributed by atoms with Crippen molar-refractivity contribution < 1.29 is 19.1 Å². The highest BCUT2D eigenvalue weighted by Gasteiger charge is 2.54. The van der Waals surface area contributed by atoms with Crippen LogP contribution in [-0.2, 0) is 9.47 Å². The summed E-state index contributed by atoms with van der Waals surface area (Å²) < 4.78 is 12.6. The Hall–Kier alpha value is -4.18. The lowest BCUT2D eigenvalue weighted by molar-refractivity contribution is -0.0557. The second kappa shape index (κ2) is 9.29. The molecule has 190 valence electrons. The van der Waals surface area contributed by atoms with E-state index in [4.69, 9.17) is 9.47 Å². The van der Waals surface area contributed by atoms with Gasteiger partial charge in [0.2, 0.25) is 0 Å². The summed E-state index contributed by atoms with van der Waals surface area (Å²) >= 11 is 0. The number of hydrogen-bond donors (Lipinski definition) is 0. The smallest absolute Gasteiger partial charge is 0.338 e. The monoisotopic (exact) mass is 502 g/mol. The predicted molar refractivity (Wildman–Crippen MR) is 147 cm³/mol. The molecule has 4 heteroatoms. The molecule has 2 atom stereocenters. The van der Waals surface area contributed by atoms with E-state index >= 15 is 0 Å². The summed E-state index contributed by atoms with van der Waals surface area (Å²) in [5.74, 6) is -1.32. The molecule has 38 heavy (non-hydrogen) atoms. The van der Waals surface area contributed by atoms with Gasteiger partial charge in [-0.15, -0.1) is 0 Å². The molecule has 0 saturated heterocycles. The first-order valence-electron chi connectivity index (χ1n) is 13.1. The van der Waals surface area contributed by atoms with Gasteiger partial charge in [0.25, 0.3) is 0 Å². The SMILES string of the molecule is Cc1cc2c(cc1C)C1c3cc(C)c(C)cc3C2C(OC(=O)c2ccccc2)C1OC(=O)c1ccccc1. The molecule has 0 N–H and O–H groups in total. The standard InChI is InChI=1S/C34H30O4/c1-19-15-25-26(16-20(19)2)30-28-18-22(4)21(3)17-27(28)29(25)31(37-33(35)23-11-7-5-8-12-23)32(30)38-34(36)24-13-9-6-10-14-24/h5-18,29-32H,1-4H3. The first kappa shape index (κ1) is 24.2. The molecule has 0 heterocycles. The molecule has 0 radical (unpaired) electrons. The van der Waals surface area contributed by atoms with Crippen LogP contribution in [0.1, 0.15) is 77.1 Å². The van der Waals surface area contributed by atoms with Crippen molar-refractivity contribution in [2.24, 2.45) is 0 Å². The minimum atomic E-state index is -0.662. The molecule has 7 rings (SSSR count). The van der Waals surface area contributed by atoms with E-state index in [2.05, 4.69) is 52.0 Å². The average Bonchev–Trinajstić information content (AvgIpc) is 2.92. The Labute approximate surface area is 223 Å². The summed E-state index contributed by atoms with van der Waals surface area (Å²) in [6.07, 6.45) is -1.32. The fourth-order valence-corrected chi connectivity index (χ4v) is 6.02. The lowest BCUT2D eigenvalue weighted by atomic mass is 9.60. The van der Waals surface area contributed by atoms with Gasteiger partial charge in [-0.3, -0.25) is 0 Å². The van der Waals surface area contributed by atoms with Gasteiger partial charge in [-0.1, -0.05) is 60.7 Å². The zero-order valence-corrected chi connectivity index (χ0v) is 22.0. The van der Waals surface area contributed by atoms with E-state index in [-0.39, 0.29) is 11.8 Å². The first-order chi connectivity index (χ1) is 18.3. The molecule has 0 spiro atoms. The Morgan fingerprint density at radius 3 is 1.08 bits per heavy atom. The minimum absolute atomic E-state index is 0.246. The number of carbonyl (C=O) groups is 2. The van der Waals surface area contributed by atoms with Crippen molar-refractivity contribution >= 4 is 11.9 Å². The molecule has 0 aromatic heterocycles. The number of fused-ring (bicyclic) bond motifs is 1. The van der Waals surface area contributed by atoms with Gasteiger partial charge < -0.3 is 9.47 Å². The van der Waals surface area contributed by atoms with Gasteiger partial charge in [0, 0.05) is 0 Å². The highest BCUT2D eigenvalue weighted by molar-refractivity contribution is 5.91. The van der Waals surface area contributed by atoms with Gasteiger partial charge in [-0.2, -0.15) is 0 Å². The molecule has 2 bridgehead atoms. The lowest BCUT2D eigenvalue weighted by Crippen LogP contribution is -2.51. The normalized spacial score (nSPS) is 20.8. The fourth-order valence-electron chi connectivity index (χ4n) is 6.02. The number of hydrogen-bond acceptors (Lipinski definition) is 4. The predicted octanol–water partition coefficient (Wildman–Crippen LogP) is 6.96. The molecule has 0 amide bonds. The van der Waals surface area contributed by atoms with Crippen molar-refractivity contribution in [1.82, 2.24) is 0 Å². The molecule has 0 aliphatic heterocycles. The van der Waals surface area contributed by atoms with Crippen LogP contribution in [0, 0.1) is 27.7 Å². The van der Waals surface area contributed by atoms with E-state index in [0.717, 1.165) is 22.3 Å². The molecule has 0 saturated carbocycles. The number of benzene rings is 4. The number of rotatable bonds is 4. The maximum Gasteiger partial charge on any atom is 0.338 e. The number of aryl methyl sites for hydroxylation is 4.